The molecule has 1 aliphatic carbocycles. The van der Waals surface area contributed by atoms with Crippen LogP contribution in [0.2, 0.25) is 0 Å². The number of benzene rings is 1. The Morgan fingerprint density at radius 2 is 1.89 bits per heavy atom. The summed E-state index contributed by atoms with van der Waals surface area (Å²) in [5.74, 6) is 1.23. The van der Waals surface area contributed by atoms with Crippen LogP contribution >= 0.6 is 0 Å². The Hall–Kier alpha value is -1.68. The van der Waals surface area contributed by atoms with Crippen LogP contribution < -0.4 is 0 Å². The quantitative estimate of drug-likeness (QED) is 0.915. The molecule has 0 saturated heterocycles. The number of hydrogen-bond acceptors (Lipinski definition) is 4. The van der Waals surface area contributed by atoms with Crippen LogP contribution in [0.4, 0.5) is 0 Å². The summed E-state index contributed by atoms with van der Waals surface area (Å²) in [7, 11) is 0. The van der Waals surface area contributed by atoms with Gasteiger partial charge in [0.15, 0.2) is 5.82 Å². The van der Waals surface area contributed by atoms with E-state index in [1.807, 2.05) is 30.3 Å². The van der Waals surface area contributed by atoms with Crippen molar-refractivity contribution in [1.82, 2.24) is 10.1 Å². The van der Waals surface area contributed by atoms with Crippen molar-refractivity contribution in [2.75, 3.05) is 0 Å². The van der Waals surface area contributed by atoms with Crippen LogP contribution in [0.25, 0.3) is 0 Å². The van der Waals surface area contributed by atoms with Crippen molar-refractivity contribution in [2.24, 2.45) is 0 Å². The summed E-state index contributed by atoms with van der Waals surface area (Å²) >= 11 is 0. The maximum atomic E-state index is 10.3. The molecule has 1 heterocycles. The van der Waals surface area contributed by atoms with E-state index in [4.69, 9.17) is 4.52 Å². The number of rotatable bonds is 4. The summed E-state index contributed by atoms with van der Waals surface area (Å²) in [4.78, 5) is 4.38. The van der Waals surface area contributed by atoms with E-state index in [9.17, 15) is 5.11 Å². The summed E-state index contributed by atoms with van der Waals surface area (Å²) in [6, 6.07) is 10.1. The average molecular weight is 258 g/mol. The first kappa shape index (κ1) is 12.4. The van der Waals surface area contributed by atoms with Gasteiger partial charge < -0.3 is 9.63 Å². The van der Waals surface area contributed by atoms with Crippen LogP contribution in [-0.4, -0.2) is 20.8 Å². The molecule has 1 aromatic heterocycles. The first-order valence-electron chi connectivity index (χ1n) is 6.81. The minimum absolute atomic E-state index is 0.481. The SMILES string of the molecule is OC1(Cc2nc(Cc3ccccc3)no2)CCCC1. The van der Waals surface area contributed by atoms with E-state index in [0.29, 0.717) is 24.6 Å². The van der Waals surface area contributed by atoms with Crippen LogP contribution in [0, 0.1) is 0 Å². The zero-order valence-corrected chi connectivity index (χ0v) is 10.9. The van der Waals surface area contributed by atoms with Crippen LogP contribution in [0.1, 0.15) is 43.0 Å². The van der Waals surface area contributed by atoms with E-state index in [2.05, 4.69) is 10.1 Å². The predicted octanol–water partition coefficient (Wildman–Crippen LogP) is 2.51. The van der Waals surface area contributed by atoms with Gasteiger partial charge in [-0.3, -0.25) is 0 Å². The number of aromatic nitrogens is 2. The van der Waals surface area contributed by atoms with Crippen molar-refractivity contribution >= 4 is 0 Å². The van der Waals surface area contributed by atoms with E-state index in [1.165, 1.54) is 0 Å². The molecular weight excluding hydrogens is 240 g/mol. The highest BCUT2D eigenvalue weighted by atomic mass is 16.5. The highest BCUT2D eigenvalue weighted by Gasteiger charge is 2.33. The summed E-state index contributed by atoms with van der Waals surface area (Å²) < 4.78 is 5.24. The molecule has 1 fully saturated rings. The molecule has 2 aromatic rings. The molecule has 100 valence electrons. The van der Waals surface area contributed by atoms with Gasteiger partial charge in [0.1, 0.15) is 0 Å². The molecule has 1 aromatic carbocycles. The first-order chi connectivity index (χ1) is 9.23. The second-order valence-electron chi connectivity index (χ2n) is 5.37. The van der Waals surface area contributed by atoms with Gasteiger partial charge in [0.05, 0.1) is 12.0 Å². The van der Waals surface area contributed by atoms with Crippen molar-refractivity contribution < 1.29 is 9.63 Å². The maximum absolute atomic E-state index is 10.3. The topological polar surface area (TPSA) is 59.2 Å². The van der Waals surface area contributed by atoms with Gasteiger partial charge in [-0.1, -0.05) is 48.3 Å². The standard InChI is InChI=1S/C15H18N2O2/c18-15(8-4-5-9-15)11-14-16-13(17-19-14)10-12-6-2-1-3-7-12/h1-3,6-7,18H,4-5,8-11H2. The second kappa shape index (κ2) is 5.13. The molecular formula is C15H18N2O2. The predicted molar refractivity (Wildman–Crippen MR) is 70.7 cm³/mol. The van der Waals surface area contributed by atoms with E-state index < -0.39 is 5.60 Å². The molecule has 4 nitrogen and oxygen atoms in total. The van der Waals surface area contributed by atoms with Gasteiger partial charge in [0.2, 0.25) is 5.89 Å². The summed E-state index contributed by atoms with van der Waals surface area (Å²) in [5.41, 5.74) is 0.533. The Kier molecular flexibility index (Phi) is 3.34. The highest BCUT2D eigenvalue weighted by molar-refractivity contribution is 5.18. The average Bonchev–Trinajstić information content (AvgIpc) is 3.01. The van der Waals surface area contributed by atoms with Gasteiger partial charge in [-0.05, 0) is 18.4 Å². The third kappa shape index (κ3) is 3.01. The lowest BCUT2D eigenvalue weighted by Gasteiger charge is -2.18. The third-order valence-electron chi connectivity index (χ3n) is 3.73. The molecule has 4 heteroatoms. The van der Waals surface area contributed by atoms with Gasteiger partial charge in [-0.25, -0.2) is 0 Å². The summed E-state index contributed by atoms with van der Waals surface area (Å²) in [5, 5.41) is 14.3. The lowest BCUT2D eigenvalue weighted by atomic mass is 9.98. The van der Waals surface area contributed by atoms with E-state index in [-0.39, 0.29) is 0 Å². The second-order valence-corrected chi connectivity index (χ2v) is 5.37. The van der Waals surface area contributed by atoms with Crippen molar-refractivity contribution in [2.45, 2.75) is 44.1 Å². The smallest absolute Gasteiger partial charge is 0.229 e. The van der Waals surface area contributed by atoms with Crippen LogP contribution in [0.5, 0.6) is 0 Å². The number of hydrogen-bond donors (Lipinski definition) is 1. The zero-order chi connectivity index (χ0) is 13.1. The van der Waals surface area contributed by atoms with Crippen molar-refractivity contribution in [3.63, 3.8) is 0 Å². The molecule has 0 unspecified atom stereocenters. The third-order valence-corrected chi connectivity index (χ3v) is 3.73. The van der Waals surface area contributed by atoms with Crippen molar-refractivity contribution in [3.05, 3.63) is 47.6 Å². The molecule has 0 bridgehead atoms. The molecule has 0 atom stereocenters. The maximum Gasteiger partial charge on any atom is 0.229 e. The fraction of sp³-hybridized carbons (Fsp3) is 0.467. The largest absolute Gasteiger partial charge is 0.389 e. The minimum atomic E-state index is -0.628. The Labute approximate surface area is 112 Å². The zero-order valence-electron chi connectivity index (χ0n) is 10.9. The first-order valence-corrected chi connectivity index (χ1v) is 6.81. The molecule has 0 spiro atoms. The molecule has 1 aliphatic rings. The molecule has 1 N–H and O–H groups in total. The van der Waals surface area contributed by atoms with Gasteiger partial charge in [-0.2, -0.15) is 4.98 Å². The van der Waals surface area contributed by atoms with E-state index in [0.717, 1.165) is 31.2 Å². The fourth-order valence-corrected chi connectivity index (χ4v) is 2.70. The fourth-order valence-electron chi connectivity index (χ4n) is 2.70. The van der Waals surface area contributed by atoms with Crippen LogP contribution in [-0.2, 0) is 12.8 Å². The lowest BCUT2D eigenvalue weighted by molar-refractivity contribution is 0.0402. The molecule has 0 radical (unpaired) electrons. The Morgan fingerprint density at radius 3 is 2.63 bits per heavy atom. The Morgan fingerprint density at radius 1 is 1.16 bits per heavy atom. The highest BCUT2D eigenvalue weighted by Crippen LogP contribution is 2.32. The van der Waals surface area contributed by atoms with E-state index >= 15 is 0 Å². The molecule has 3 rings (SSSR count). The molecule has 19 heavy (non-hydrogen) atoms. The molecule has 0 aliphatic heterocycles. The van der Waals surface area contributed by atoms with Crippen molar-refractivity contribution in [1.29, 1.82) is 0 Å². The van der Waals surface area contributed by atoms with Crippen LogP contribution in [0.3, 0.4) is 0 Å². The summed E-state index contributed by atoms with van der Waals surface area (Å²) in [6.07, 6.45) is 4.99. The monoisotopic (exact) mass is 258 g/mol. The van der Waals surface area contributed by atoms with Crippen LogP contribution in [0.15, 0.2) is 34.9 Å². The Bertz CT molecular complexity index is 530. The van der Waals surface area contributed by atoms with E-state index in [1.54, 1.807) is 0 Å². The Balaban J connectivity index is 1.66. The van der Waals surface area contributed by atoms with Gasteiger partial charge in [0, 0.05) is 6.42 Å². The lowest BCUT2D eigenvalue weighted by Crippen LogP contribution is -2.27. The molecule has 0 amide bonds. The normalized spacial score (nSPS) is 17.7. The number of aliphatic hydroxyl groups is 1. The molecule has 1 saturated carbocycles. The van der Waals surface area contributed by atoms with Gasteiger partial charge in [0.25, 0.3) is 0 Å². The number of nitrogens with zero attached hydrogens (tertiary/aromatic N) is 2. The minimum Gasteiger partial charge on any atom is -0.389 e. The van der Waals surface area contributed by atoms with Crippen molar-refractivity contribution in [3.8, 4) is 0 Å². The summed E-state index contributed by atoms with van der Waals surface area (Å²) in [6.45, 7) is 0. The van der Waals surface area contributed by atoms with Gasteiger partial charge >= 0.3 is 0 Å². The van der Waals surface area contributed by atoms with Gasteiger partial charge in [-0.15, -0.1) is 0 Å².